The minimum atomic E-state index is 0.516. The average Bonchev–Trinajstić information content (AvgIpc) is 3.49. The van der Waals surface area contributed by atoms with Crippen LogP contribution in [0, 0.1) is 0 Å². The molecule has 0 unspecified atom stereocenters. The third-order valence-electron chi connectivity index (χ3n) is 5.10. The summed E-state index contributed by atoms with van der Waals surface area (Å²) in [6, 6.07) is 2.64. The molecule has 1 saturated carbocycles. The molecule has 0 amide bonds. The highest BCUT2D eigenvalue weighted by atomic mass is 32.1. The molecule has 1 aromatic rings. The van der Waals surface area contributed by atoms with E-state index in [1.54, 1.807) is 0 Å². The van der Waals surface area contributed by atoms with Gasteiger partial charge in [0.2, 0.25) is 5.95 Å². The number of nitrogens with zero attached hydrogens (tertiary/aromatic N) is 4. The van der Waals surface area contributed by atoms with Crippen molar-refractivity contribution in [1.82, 2.24) is 15.3 Å². The Kier molecular flexibility index (Phi) is 5.69. The van der Waals surface area contributed by atoms with E-state index in [0.717, 1.165) is 51.0 Å². The molecular weight excluding hydrogens is 348 g/mol. The summed E-state index contributed by atoms with van der Waals surface area (Å²) in [6.45, 7) is 5.33. The van der Waals surface area contributed by atoms with Gasteiger partial charge in [-0.25, -0.2) is 0 Å². The van der Waals surface area contributed by atoms with Crippen molar-refractivity contribution in [2.24, 2.45) is 0 Å². The summed E-state index contributed by atoms with van der Waals surface area (Å²) in [7, 11) is 0. The highest BCUT2D eigenvalue weighted by Crippen LogP contribution is 2.25. The minimum absolute atomic E-state index is 0.516. The Morgan fingerprint density at radius 3 is 2.19 bits per heavy atom. The molecule has 0 spiro atoms. The molecule has 3 heterocycles. The van der Waals surface area contributed by atoms with E-state index in [0.29, 0.717) is 17.1 Å². The maximum atomic E-state index is 5.49. The zero-order valence-electron chi connectivity index (χ0n) is 15.2. The van der Waals surface area contributed by atoms with Crippen LogP contribution in [-0.2, 0) is 4.74 Å². The minimum Gasteiger partial charge on any atom is -0.378 e. The highest BCUT2D eigenvalue weighted by molar-refractivity contribution is 7.80. The molecule has 26 heavy (non-hydrogen) atoms. The number of nitrogens with one attached hydrogen (secondary N) is 2. The van der Waals surface area contributed by atoms with E-state index >= 15 is 0 Å². The van der Waals surface area contributed by atoms with Gasteiger partial charge in [0.05, 0.1) is 13.2 Å². The Morgan fingerprint density at radius 1 is 0.962 bits per heavy atom. The van der Waals surface area contributed by atoms with Crippen LogP contribution in [0.1, 0.15) is 38.5 Å². The van der Waals surface area contributed by atoms with Gasteiger partial charge in [0.15, 0.2) is 5.11 Å². The molecule has 2 aliphatic heterocycles. The predicted octanol–water partition coefficient (Wildman–Crippen LogP) is 2.14. The predicted molar refractivity (Wildman–Crippen MR) is 108 cm³/mol. The van der Waals surface area contributed by atoms with Crippen LogP contribution in [0.3, 0.4) is 0 Å². The van der Waals surface area contributed by atoms with Gasteiger partial charge < -0.3 is 25.2 Å². The lowest BCUT2D eigenvalue weighted by molar-refractivity contribution is 0.122. The monoisotopic (exact) mass is 376 g/mol. The second-order valence-electron chi connectivity index (χ2n) is 7.28. The SMILES string of the molecule is S=C(Nc1nc(N2CCCCCC2)cc(N2CCOCC2)n1)NC1CC1. The fraction of sp³-hybridized carbons (Fsp3) is 0.722. The first-order valence-electron chi connectivity index (χ1n) is 9.82. The van der Waals surface area contributed by atoms with Crippen molar-refractivity contribution in [1.29, 1.82) is 0 Å². The fourth-order valence-electron chi connectivity index (χ4n) is 3.44. The molecule has 1 aromatic heterocycles. The molecule has 3 aliphatic rings. The molecule has 142 valence electrons. The summed E-state index contributed by atoms with van der Waals surface area (Å²) in [6.07, 6.45) is 7.43. The smallest absolute Gasteiger partial charge is 0.232 e. The maximum Gasteiger partial charge on any atom is 0.232 e. The van der Waals surface area contributed by atoms with E-state index in [1.165, 1.54) is 38.5 Å². The lowest BCUT2D eigenvalue weighted by Crippen LogP contribution is -2.37. The van der Waals surface area contributed by atoms with Crippen molar-refractivity contribution in [3.63, 3.8) is 0 Å². The zero-order chi connectivity index (χ0) is 17.8. The van der Waals surface area contributed by atoms with Gasteiger partial charge in [-0.15, -0.1) is 0 Å². The van der Waals surface area contributed by atoms with Gasteiger partial charge >= 0.3 is 0 Å². The fourth-order valence-corrected chi connectivity index (χ4v) is 3.70. The van der Waals surface area contributed by atoms with Gasteiger partial charge in [-0.05, 0) is 37.9 Å². The van der Waals surface area contributed by atoms with Crippen molar-refractivity contribution in [2.75, 3.05) is 54.5 Å². The summed E-state index contributed by atoms with van der Waals surface area (Å²) in [5, 5.41) is 7.12. The third kappa shape index (κ3) is 4.73. The van der Waals surface area contributed by atoms with Gasteiger partial charge in [-0.3, -0.25) is 0 Å². The Morgan fingerprint density at radius 2 is 1.58 bits per heavy atom. The van der Waals surface area contributed by atoms with Crippen LogP contribution >= 0.6 is 12.2 Å². The molecule has 7 nitrogen and oxygen atoms in total. The second-order valence-corrected chi connectivity index (χ2v) is 7.69. The number of hydrogen-bond acceptors (Lipinski definition) is 6. The molecule has 0 aromatic carbocycles. The van der Waals surface area contributed by atoms with Crippen molar-refractivity contribution >= 4 is 34.9 Å². The Bertz CT molecular complexity index is 624. The van der Waals surface area contributed by atoms with Crippen LogP contribution in [-0.4, -0.2) is 60.5 Å². The van der Waals surface area contributed by atoms with Crippen molar-refractivity contribution in [2.45, 2.75) is 44.6 Å². The molecule has 2 saturated heterocycles. The van der Waals surface area contributed by atoms with Crippen LogP contribution in [0.25, 0.3) is 0 Å². The summed E-state index contributed by atoms with van der Waals surface area (Å²) in [5.41, 5.74) is 0. The van der Waals surface area contributed by atoms with Gasteiger partial charge in [-0.2, -0.15) is 9.97 Å². The van der Waals surface area contributed by atoms with Crippen molar-refractivity contribution in [3.05, 3.63) is 6.07 Å². The van der Waals surface area contributed by atoms with E-state index in [2.05, 4.69) is 26.5 Å². The van der Waals surface area contributed by atoms with Gasteiger partial charge in [0.25, 0.3) is 0 Å². The second kappa shape index (κ2) is 8.35. The van der Waals surface area contributed by atoms with E-state index in [-0.39, 0.29) is 0 Å². The first-order chi connectivity index (χ1) is 12.8. The number of thiocarbonyl (C=S) groups is 1. The average molecular weight is 377 g/mol. The summed E-state index contributed by atoms with van der Waals surface area (Å²) < 4.78 is 5.49. The molecule has 1 aliphatic carbocycles. The number of anilines is 3. The van der Waals surface area contributed by atoms with Crippen molar-refractivity contribution < 1.29 is 4.74 Å². The lowest BCUT2D eigenvalue weighted by atomic mass is 10.2. The van der Waals surface area contributed by atoms with E-state index in [4.69, 9.17) is 26.9 Å². The Hall–Kier alpha value is -1.67. The number of morpholine rings is 1. The van der Waals surface area contributed by atoms with Crippen LogP contribution in [0.5, 0.6) is 0 Å². The third-order valence-corrected chi connectivity index (χ3v) is 5.32. The van der Waals surface area contributed by atoms with Crippen LogP contribution in [0.15, 0.2) is 6.07 Å². The zero-order valence-corrected chi connectivity index (χ0v) is 16.1. The number of ether oxygens (including phenoxy) is 1. The summed E-state index contributed by atoms with van der Waals surface area (Å²) in [5.74, 6) is 2.55. The van der Waals surface area contributed by atoms with Crippen molar-refractivity contribution in [3.8, 4) is 0 Å². The highest BCUT2D eigenvalue weighted by Gasteiger charge is 2.23. The number of rotatable bonds is 4. The molecular formula is C18H28N6OS. The van der Waals surface area contributed by atoms with Gasteiger partial charge in [0.1, 0.15) is 11.6 Å². The van der Waals surface area contributed by atoms with Gasteiger partial charge in [-0.1, -0.05) is 12.8 Å². The molecule has 8 heteroatoms. The molecule has 0 atom stereocenters. The van der Waals surface area contributed by atoms with Crippen LogP contribution in [0.2, 0.25) is 0 Å². The first kappa shape index (κ1) is 17.7. The van der Waals surface area contributed by atoms with Crippen LogP contribution < -0.4 is 20.4 Å². The Labute approximate surface area is 160 Å². The van der Waals surface area contributed by atoms with E-state index < -0.39 is 0 Å². The normalized spacial score (nSPS) is 21.2. The molecule has 3 fully saturated rings. The topological polar surface area (TPSA) is 65.6 Å². The lowest BCUT2D eigenvalue weighted by Gasteiger charge is -2.29. The number of hydrogen-bond donors (Lipinski definition) is 2. The quantitative estimate of drug-likeness (QED) is 0.775. The molecule has 2 N–H and O–H groups in total. The van der Waals surface area contributed by atoms with E-state index in [1.807, 2.05) is 0 Å². The molecule has 0 bridgehead atoms. The summed E-state index contributed by atoms with van der Waals surface area (Å²) in [4.78, 5) is 14.2. The summed E-state index contributed by atoms with van der Waals surface area (Å²) >= 11 is 5.42. The standard InChI is InChI=1S/C18H28N6OS/c26-18(19-14-5-6-14)22-17-20-15(23-7-3-1-2-4-8-23)13-16(21-17)24-9-11-25-12-10-24/h13-14H,1-12H2,(H2,19,20,21,22,26). The van der Waals surface area contributed by atoms with Gasteiger partial charge in [0, 0.05) is 38.3 Å². The van der Waals surface area contributed by atoms with E-state index in [9.17, 15) is 0 Å². The molecule has 4 rings (SSSR count). The van der Waals surface area contributed by atoms with Crippen LogP contribution in [0.4, 0.5) is 17.6 Å². The number of aromatic nitrogens is 2. The Balaban J connectivity index is 1.56. The first-order valence-corrected chi connectivity index (χ1v) is 10.2. The maximum absolute atomic E-state index is 5.49. The largest absolute Gasteiger partial charge is 0.378 e. The molecule has 0 radical (unpaired) electrons.